The van der Waals surface area contributed by atoms with Crippen molar-refractivity contribution in [2.75, 3.05) is 0 Å². The van der Waals surface area contributed by atoms with E-state index in [0.717, 1.165) is 5.56 Å². The molecule has 0 radical (unpaired) electrons. The largest absolute Gasteiger partial charge is 0.451 e. The normalized spacial score (nSPS) is 11.6. The van der Waals surface area contributed by atoms with Gasteiger partial charge in [-0.1, -0.05) is 29.8 Å². The molecule has 100 valence electrons. The molecule has 2 N–H and O–H groups in total. The van der Waals surface area contributed by atoms with Crippen LogP contribution in [0.5, 0.6) is 0 Å². The molecule has 2 aromatic rings. The van der Waals surface area contributed by atoms with Crippen LogP contribution in [0.1, 0.15) is 21.7 Å². The number of halogens is 3. The second-order valence-electron chi connectivity index (χ2n) is 4.08. The number of hydrogen-bond acceptors (Lipinski definition) is 2. The van der Waals surface area contributed by atoms with Crippen LogP contribution < -0.4 is 5.73 Å². The molecule has 19 heavy (non-hydrogen) atoms. The summed E-state index contributed by atoms with van der Waals surface area (Å²) in [6, 6.07) is 7.17. The Labute approximate surface area is 106 Å². The van der Waals surface area contributed by atoms with Crippen LogP contribution in [-0.4, -0.2) is 5.91 Å². The van der Waals surface area contributed by atoms with E-state index in [1.54, 1.807) is 24.3 Å². The summed E-state index contributed by atoms with van der Waals surface area (Å²) in [5.74, 6) is -2.37. The maximum Gasteiger partial charge on any atom is 0.449 e. The number of nitrogens with two attached hydrogens (primary N) is 1. The Bertz CT molecular complexity index is 612. The van der Waals surface area contributed by atoms with E-state index in [-0.39, 0.29) is 11.3 Å². The van der Waals surface area contributed by atoms with E-state index in [4.69, 9.17) is 10.2 Å². The number of furan rings is 1. The molecule has 0 saturated heterocycles. The van der Waals surface area contributed by atoms with Crippen LogP contribution in [-0.2, 0) is 6.18 Å². The Morgan fingerprint density at radius 3 is 2.26 bits per heavy atom. The maximum atomic E-state index is 12.6. The van der Waals surface area contributed by atoms with Gasteiger partial charge >= 0.3 is 6.18 Å². The summed E-state index contributed by atoms with van der Waals surface area (Å²) in [6.45, 7) is 1.84. The minimum absolute atomic E-state index is 0.167. The van der Waals surface area contributed by atoms with Gasteiger partial charge in [-0.2, -0.15) is 13.2 Å². The molecule has 1 aromatic heterocycles. The van der Waals surface area contributed by atoms with Crippen molar-refractivity contribution in [1.29, 1.82) is 0 Å². The molecule has 6 heteroatoms. The number of primary amides is 1. The fraction of sp³-hybridized carbons (Fsp3) is 0.154. The first-order valence-corrected chi connectivity index (χ1v) is 5.37. The van der Waals surface area contributed by atoms with Gasteiger partial charge in [0.2, 0.25) is 5.76 Å². The van der Waals surface area contributed by atoms with E-state index in [1.807, 2.05) is 6.92 Å². The van der Waals surface area contributed by atoms with Crippen molar-refractivity contribution in [2.24, 2.45) is 5.73 Å². The number of rotatable bonds is 2. The smallest absolute Gasteiger partial charge is 0.449 e. The lowest BCUT2D eigenvalue weighted by Crippen LogP contribution is -2.11. The topological polar surface area (TPSA) is 56.2 Å². The van der Waals surface area contributed by atoms with Crippen LogP contribution in [0.25, 0.3) is 11.3 Å². The van der Waals surface area contributed by atoms with Crippen molar-refractivity contribution in [3.63, 3.8) is 0 Å². The van der Waals surface area contributed by atoms with E-state index < -0.39 is 17.8 Å². The number of carbonyl (C=O) groups is 1. The molecule has 0 bridgehead atoms. The van der Waals surface area contributed by atoms with Crippen molar-refractivity contribution >= 4 is 5.91 Å². The van der Waals surface area contributed by atoms with Gasteiger partial charge in [0.05, 0.1) is 5.56 Å². The highest BCUT2D eigenvalue weighted by Gasteiger charge is 2.37. The van der Waals surface area contributed by atoms with Gasteiger partial charge < -0.3 is 10.2 Å². The molecule has 2 rings (SSSR count). The van der Waals surface area contributed by atoms with Gasteiger partial charge in [-0.15, -0.1) is 0 Å². The van der Waals surface area contributed by atoms with E-state index in [1.165, 1.54) is 0 Å². The summed E-state index contributed by atoms with van der Waals surface area (Å²) in [4.78, 5) is 11.2. The molecule has 3 nitrogen and oxygen atoms in total. The third kappa shape index (κ3) is 2.62. The SMILES string of the molecule is Cc1ccc(-c2oc(C(F)(F)F)cc2C(N)=O)cc1. The highest BCUT2D eigenvalue weighted by molar-refractivity contribution is 5.98. The van der Waals surface area contributed by atoms with Crippen molar-refractivity contribution in [2.45, 2.75) is 13.1 Å². The second kappa shape index (κ2) is 4.46. The molecular weight excluding hydrogens is 259 g/mol. The fourth-order valence-corrected chi connectivity index (χ4v) is 1.63. The summed E-state index contributed by atoms with van der Waals surface area (Å²) in [5.41, 5.74) is 6.10. The molecule has 1 amide bonds. The van der Waals surface area contributed by atoms with Crippen molar-refractivity contribution in [3.05, 3.63) is 47.2 Å². The first kappa shape index (κ1) is 13.2. The van der Waals surface area contributed by atoms with Crippen LogP contribution in [0.4, 0.5) is 13.2 Å². The second-order valence-corrected chi connectivity index (χ2v) is 4.08. The Kier molecular flexibility index (Phi) is 3.09. The highest BCUT2D eigenvalue weighted by atomic mass is 19.4. The standard InChI is InChI=1S/C13H10F3NO2/c1-7-2-4-8(5-3-7)11-9(12(17)18)6-10(19-11)13(14,15)16/h2-6H,1H3,(H2,17,18). The monoisotopic (exact) mass is 269 g/mol. The first-order chi connectivity index (χ1) is 8.79. The zero-order chi connectivity index (χ0) is 14.2. The third-order valence-corrected chi connectivity index (χ3v) is 2.59. The van der Waals surface area contributed by atoms with Gasteiger partial charge in [0.25, 0.3) is 5.91 Å². The molecule has 0 fully saturated rings. The lowest BCUT2D eigenvalue weighted by atomic mass is 10.1. The summed E-state index contributed by atoms with van der Waals surface area (Å²) >= 11 is 0. The van der Waals surface area contributed by atoms with E-state index >= 15 is 0 Å². The zero-order valence-electron chi connectivity index (χ0n) is 9.91. The Balaban J connectivity index is 2.58. The van der Waals surface area contributed by atoms with Crippen LogP contribution in [0.15, 0.2) is 34.7 Å². The van der Waals surface area contributed by atoms with Gasteiger partial charge in [0, 0.05) is 11.6 Å². The zero-order valence-corrected chi connectivity index (χ0v) is 9.91. The summed E-state index contributed by atoms with van der Waals surface area (Å²) < 4.78 is 42.5. The van der Waals surface area contributed by atoms with Crippen molar-refractivity contribution in [1.82, 2.24) is 0 Å². The third-order valence-electron chi connectivity index (χ3n) is 2.59. The molecule has 1 aromatic carbocycles. The summed E-state index contributed by atoms with van der Waals surface area (Å²) in [5, 5.41) is 0. The fourth-order valence-electron chi connectivity index (χ4n) is 1.63. The van der Waals surface area contributed by atoms with E-state index in [2.05, 4.69) is 0 Å². The number of benzene rings is 1. The van der Waals surface area contributed by atoms with Crippen LogP contribution in [0.2, 0.25) is 0 Å². The highest BCUT2D eigenvalue weighted by Crippen LogP contribution is 2.36. The number of alkyl halides is 3. The lowest BCUT2D eigenvalue weighted by Gasteiger charge is -2.02. The van der Waals surface area contributed by atoms with Gasteiger partial charge in [-0.3, -0.25) is 4.79 Å². The average Bonchev–Trinajstić information content (AvgIpc) is 2.74. The molecule has 0 aliphatic heterocycles. The molecule has 0 aliphatic carbocycles. The van der Waals surface area contributed by atoms with Gasteiger partial charge in [-0.05, 0) is 6.92 Å². The Hall–Kier alpha value is -2.24. The number of amides is 1. The Morgan fingerprint density at radius 1 is 1.21 bits per heavy atom. The van der Waals surface area contributed by atoms with Gasteiger partial charge in [-0.25, -0.2) is 0 Å². The van der Waals surface area contributed by atoms with Crippen LogP contribution in [0, 0.1) is 6.92 Å². The average molecular weight is 269 g/mol. The number of aryl methyl sites for hydroxylation is 1. The van der Waals surface area contributed by atoms with E-state index in [9.17, 15) is 18.0 Å². The van der Waals surface area contributed by atoms with Gasteiger partial charge in [0.1, 0.15) is 5.76 Å². The van der Waals surface area contributed by atoms with Crippen molar-refractivity contribution in [3.8, 4) is 11.3 Å². The predicted octanol–water partition coefficient (Wildman–Crippen LogP) is 3.37. The quantitative estimate of drug-likeness (QED) is 0.908. The Morgan fingerprint density at radius 2 is 1.79 bits per heavy atom. The summed E-state index contributed by atoms with van der Waals surface area (Å²) in [7, 11) is 0. The maximum absolute atomic E-state index is 12.6. The van der Waals surface area contributed by atoms with Gasteiger partial charge in [0.15, 0.2) is 0 Å². The van der Waals surface area contributed by atoms with Crippen LogP contribution in [0.3, 0.4) is 0 Å². The molecule has 0 atom stereocenters. The number of hydrogen-bond donors (Lipinski definition) is 1. The molecular formula is C13H10F3NO2. The first-order valence-electron chi connectivity index (χ1n) is 5.37. The minimum atomic E-state index is -4.66. The molecule has 0 spiro atoms. The molecule has 0 unspecified atom stereocenters. The minimum Gasteiger partial charge on any atom is -0.451 e. The molecule has 0 aliphatic rings. The summed E-state index contributed by atoms with van der Waals surface area (Å²) in [6.07, 6.45) is -4.66. The predicted molar refractivity (Wildman–Crippen MR) is 62.4 cm³/mol. The molecule has 0 saturated carbocycles. The van der Waals surface area contributed by atoms with E-state index in [0.29, 0.717) is 11.6 Å². The number of carbonyl (C=O) groups excluding carboxylic acids is 1. The van der Waals surface area contributed by atoms with Crippen molar-refractivity contribution < 1.29 is 22.4 Å². The lowest BCUT2D eigenvalue weighted by molar-refractivity contribution is -0.152. The van der Waals surface area contributed by atoms with Crippen LogP contribution >= 0.6 is 0 Å². The molecule has 1 heterocycles.